The molecule has 0 amide bonds. The fourth-order valence-electron chi connectivity index (χ4n) is 2.57. The Morgan fingerprint density at radius 2 is 1.83 bits per heavy atom. The fraction of sp³-hybridized carbons (Fsp3) is 0.0556. The van der Waals surface area contributed by atoms with Gasteiger partial charge in [-0.3, -0.25) is 0 Å². The van der Waals surface area contributed by atoms with E-state index in [9.17, 15) is 0 Å². The largest absolute Gasteiger partial charge is 0.339 e. The van der Waals surface area contributed by atoms with Crippen molar-refractivity contribution in [2.45, 2.75) is 6.92 Å². The lowest BCUT2D eigenvalue weighted by atomic mass is 10.3. The maximum atomic E-state index is 4.57. The summed E-state index contributed by atoms with van der Waals surface area (Å²) >= 11 is 3.49. The Balaban J connectivity index is 1.84. The van der Waals surface area contributed by atoms with E-state index in [-0.39, 0.29) is 0 Å². The number of halogens is 1. The highest BCUT2D eigenvalue weighted by Gasteiger charge is 2.13. The number of aryl methyl sites for hydroxylation is 1. The predicted molar refractivity (Wildman–Crippen MR) is 98.8 cm³/mol. The van der Waals surface area contributed by atoms with Gasteiger partial charge in [0.2, 0.25) is 0 Å². The summed E-state index contributed by atoms with van der Waals surface area (Å²) in [4.78, 5) is 9.11. The average Bonchev–Trinajstić information content (AvgIpc) is 2.99. The number of benzene rings is 2. The van der Waals surface area contributed by atoms with Crippen molar-refractivity contribution in [3.63, 3.8) is 0 Å². The molecular weight excluding hydrogens is 366 g/mol. The summed E-state index contributed by atoms with van der Waals surface area (Å²) in [6, 6.07) is 17.9. The molecule has 0 spiro atoms. The van der Waals surface area contributed by atoms with Crippen molar-refractivity contribution in [1.82, 2.24) is 19.7 Å². The standard InChI is InChI=1S/C18H14BrN5/c1-12-21-17(23-14-7-5-6-13(19)10-14)16-11-20-24(18(16)22-12)15-8-3-2-4-9-15/h2-11H,1H3,(H,21,22,23). The van der Waals surface area contributed by atoms with E-state index < -0.39 is 0 Å². The van der Waals surface area contributed by atoms with E-state index in [0.29, 0.717) is 5.82 Å². The molecule has 1 N–H and O–H groups in total. The molecule has 118 valence electrons. The van der Waals surface area contributed by atoms with Crippen LogP contribution >= 0.6 is 15.9 Å². The van der Waals surface area contributed by atoms with Crippen LogP contribution in [0.2, 0.25) is 0 Å². The van der Waals surface area contributed by atoms with Gasteiger partial charge in [-0.25, -0.2) is 14.6 Å². The average molecular weight is 380 g/mol. The highest BCUT2D eigenvalue weighted by Crippen LogP contribution is 2.26. The van der Waals surface area contributed by atoms with Crippen molar-refractivity contribution in [3.8, 4) is 5.69 Å². The smallest absolute Gasteiger partial charge is 0.168 e. The lowest BCUT2D eigenvalue weighted by Gasteiger charge is -2.09. The fourth-order valence-corrected chi connectivity index (χ4v) is 2.97. The first-order valence-electron chi connectivity index (χ1n) is 7.51. The zero-order valence-electron chi connectivity index (χ0n) is 12.9. The van der Waals surface area contributed by atoms with E-state index in [4.69, 9.17) is 0 Å². The molecule has 2 aromatic heterocycles. The second kappa shape index (κ2) is 6.05. The Morgan fingerprint density at radius 1 is 1.00 bits per heavy atom. The number of nitrogens with zero attached hydrogens (tertiary/aromatic N) is 4. The Labute approximate surface area is 147 Å². The molecule has 2 aromatic carbocycles. The highest BCUT2D eigenvalue weighted by atomic mass is 79.9. The third kappa shape index (κ3) is 2.76. The zero-order chi connectivity index (χ0) is 16.5. The van der Waals surface area contributed by atoms with Gasteiger partial charge >= 0.3 is 0 Å². The number of anilines is 2. The molecule has 6 heteroatoms. The molecule has 0 aliphatic carbocycles. The minimum Gasteiger partial charge on any atom is -0.339 e. The van der Waals surface area contributed by atoms with Crippen molar-refractivity contribution < 1.29 is 0 Å². The second-order valence-corrected chi connectivity index (χ2v) is 6.30. The molecule has 24 heavy (non-hydrogen) atoms. The number of nitrogens with one attached hydrogen (secondary N) is 1. The molecule has 0 radical (unpaired) electrons. The highest BCUT2D eigenvalue weighted by molar-refractivity contribution is 9.10. The molecular formula is C18H14BrN5. The van der Waals surface area contributed by atoms with Crippen LogP contribution in [0.5, 0.6) is 0 Å². The summed E-state index contributed by atoms with van der Waals surface area (Å²) in [5, 5.41) is 8.73. The van der Waals surface area contributed by atoms with E-state index >= 15 is 0 Å². The first-order valence-corrected chi connectivity index (χ1v) is 8.30. The molecule has 4 rings (SSSR count). The quantitative estimate of drug-likeness (QED) is 0.563. The van der Waals surface area contributed by atoms with Gasteiger partial charge in [0.15, 0.2) is 5.65 Å². The van der Waals surface area contributed by atoms with E-state index in [1.54, 1.807) is 6.20 Å². The minimum atomic E-state index is 0.692. The molecule has 5 nitrogen and oxygen atoms in total. The van der Waals surface area contributed by atoms with Crippen LogP contribution in [-0.2, 0) is 0 Å². The monoisotopic (exact) mass is 379 g/mol. The van der Waals surface area contributed by atoms with Crippen LogP contribution in [0.1, 0.15) is 5.82 Å². The molecule has 2 heterocycles. The molecule has 0 unspecified atom stereocenters. The normalized spacial score (nSPS) is 10.9. The van der Waals surface area contributed by atoms with Crippen molar-refractivity contribution in [2.75, 3.05) is 5.32 Å². The predicted octanol–water partition coefficient (Wildman–Crippen LogP) is 4.63. The Kier molecular flexibility index (Phi) is 3.74. The van der Waals surface area contributed by atoms with Gasteiger partial charge in [0.1, 0.15) is 11.6 Å². The Bertz CT molecular complexity index is 1010. The van der Waals surface area contributed by atoms with E-state index in [1.165, 1.54) is 0 Å². The number of para-hydroxylation sites is 1. The van der Waals surface area contributed by atoms with Crippen LogP contribution in [-0.4, -0.2) is 19.7 Å². The van der Waals surface area contributed by atoms with Crippen molar-refractivity contribution in [1.29, 1.82) is 0 Å². The van der Waals surface area contributed by atoms with E-state index in [2.05, 4.69) is 36.3 Å². The second-order valence-electron chi connectivity index (χ2n) is 5.38. The maximum Gasteiger partial charge on any atom is 0.168 e. The number of rotatable bonds is 3. The molecule has 4 aromatic rings. The van der Waals surface area contributed by atoms with Gasteiger partial charge in [-0.15, -0.1) is 0 Å². The first kappa shape index (κ1) is 14.8. The van der Waals surface area contributed by atoms with Gasteiger partial charge in [-0.05, 0) is 37.3 Å². The molecule has 0 bridgehead atoms. The van der Waals surface area contributed by atoms with Gasteiger partial charge in [0, 0.05) is 10.2 Å². The van der Waals surface area contributed by atoms with Crippen LogP contribution < -0.4 is 5.32 Å². The molecule has 0 aliphatic rings. The summed E-state index contributed by atoms with van der Waals surface area (Å²) in [6.45, 7) is 1.88. The van der Waals surface area contributed by atoms with Crippen LogP contribution in [0, 0.1) is 6.92 Å². The van der Waals surface area contributed by atoms with Gasteiger partial charge < -0.3 is 5.32 Å². The summed E-state index contributed by atoms with van der Waals surface area (Å²) in [7, 11) is 0. The van der Waals surface area contributed by atoms with Crippen LogP contribution in [0.15, 0.2) is 65.3 Å². The van der Waals surface area contributed by atoms with Crippen LogP contribution in [0.4, 0.5) is 11.5 Å². The molecule has 0 fully saturated rings. The van der Waals surface area contributed by atoms with Crippen LogP contribution in [0.25, 0.3) is 16.7 Å². The molecule has 0 saturated heterocycles. The molecule has 0 atom stereocenters. The van der Waals surface area contributed by atoms with Crippen molar-refractivity contribution in [2.24, 2.45) is 0 Å². The summed E-state index contributed by atoms with van der Waals surface area (Å²) in [6.07, 6.45) is 1.79. The SMILES string of the molecule is Cc1nc(Nc2cccc(Br)c2)c2cnn(-c3ccccc3)c2n1. The van der Waals surface area contributed by atoms with E-state index in [0.717, 1.165) is 32.7 Å². The molecule has 0 aliphatic heterocycles. The number of fused-ring (bicyclic) bond motifs is 1. The lowest BCUT2D eigenvalue weighted by molar-refractivity contribution is 0.890. The van der Waals surface area contributed by atoms with E-state index in [1.807, 2.05) is 66.2 Å². The van der Waals surface area contributed by atoms with Gasteiger partial charge in [-0.1, -0.05) is 40.2 Å². The third-order valence-corrected chi connectivity index (χ3v) is 4.12. The number of hydrogen-bond acceptors (Lipinski definition) is 4. The van der Waals surface area contributed by atoms with Crippen LogP contribution in [0.3, 0.4) is 0 Å². The van der Waals surface area contributed by atoms with Gasteiger partial charge in [0.25, 0.3) is 0 Å². The third-order valence-electron chi connectivity index (χ3n) is 3.63. The summed E-state index contributed by atoms with van der Waals surface area (Å²) in [5.41, 5.74) is 2.71. The number of aromatic nitrogens is 4. The zero-order valence-corrected chi connectivity index (χ0v) is 14.5. The van der Waals surface area contributed by atoms with Crippen molar-refractivity contribution in [3.05, 3.63) is 71.1 Å². The minimum absolute atomic E-state index is 0.692. The first-order chi connectivity index (χ1) is 11.7. The Morgan fingerprint density at radius 3 is 2.62 bits per heavy atom. The lowest BCUT2D eigenvalue weighted by Crippen LogP contribution is -2.01. The van der Waals surface area contributed by atoms with Crippen molar-refractivity contribution >= 4 is 38.5 Å². The number of hydrogen-bond donors (Lipinski definition) is 1. The topological polar surface area (TPSA) is 55.6 Å². The van der Waals surface area contributed by atoms with Gasteiger partial charge in [-0.2, -0.15) is 5.10 Å². The molecule has 0 saturated carbocycles. The summed E-state index contributed by atoms with van der Waals surface area (Å²) < 4.78 is 2.84. The summed E-state index contributed by atoms with van der Waals surface area (Å²) in [5.74, 6) is 1.44. The Hall–Kier alpha value is -2.73. The van der Waals surface area contributed by atoms with Gasteiger partial charge in [0.05, 0.1) is 17.3 Å². The maximum absolute atomic E-state index is 4.57.